The van der Waals surface area contributed by atoms with Gasteiger partial charge in [-0.2, -0.15) is 0 Å². The van der Waals surface area contributed by atoms with Crippen LogP contribution in [-0.2, 0) is 24.1 Å². The van der Waals surface area contributed by atoms with Gasteiger partial charge in [0, 0.05) is 30.0 Å². The highest BCUT2D eigenvalue weighted by molar-refractivity contribution is 7.10. The Hall–Kier alpha value is -1.85. The lowest BCUT2D eigenvalue weighted by Gasteiger charge is -2.26. The maximum atomic E-state index is 13.5. The molecule has 0 N–H and O–H groups in total. The van der Waals surface area contributed by atoms with E-state index in [0.29, 0.717) is 13.1 Å². The summed E-state index contributed by atoms with van der Waals surface area (Å²) in [6.45, 7) is 2.04. The summed E-state index contributed by atoms with van der Waals surface area (Å²) >= 11 is 1.75. The van der Waals surface area contributed by atoms with Crippen molar-refractivity contribution in [1.82, 2.24) is 4.90 Å². The molecule has 27 heavy (non-hydrogen) atoms. The highest BCUT2D eigenvalue weighted by Gasteiger charge is 2.27. The Morgan fingerprint density at radius 3 is 3.00 bits per heavy atom. The number of hydrogen-bond donors (Lipinski definition) is 0. The van der Waals surface area contributed by atoms with Crippen molar-refractivity contribution in [2.24, 2.45) is 0 Å². The molecule has 144 valence electrons. The molecule has 1 saturated heterocycles. The Morgan fingerprint density at radius 2 is 2.19 bits per heavy atom. The molecular weight excluding hydrogens is 358 g/mol. The first-order valence-corrected chi connectivity index (χ1v) is 10.8. The van der Waals surface area contributed by atoms with Gasteiger partial charge >= 0.3 is 0 Å². The van der Waals surface area contributed by atoms with Crippen molar-refractivity contribution >= 4 is 17.2 Å². The van der Waals surface area contributed by atoms with Crippen LogP contribution in [-0.4, -0.2) is 37.2 Å². The van der Waals surface area contributed by atoms with Gasteiger partial charge in [-0.1, -0.05) is 12.1 Å². The molecule has 1 unspecified atom stereocenters. The van der Waals surface area contributed by atoms with E-state index < -0.39 is 0 Å². The van der Waals surface area contributed by atoms with Crippen LogP contribution >= 0.6 is 11.3 Å². The molecule has 0 saturated carbocycles. The number of nitrogens with zero attached hydrogens (tertiary/aromatic N) is 1. The van der Waals surface area contributed by atoms with Crippen LogP contribution in [0, 0.1) is 0 Å². The smallest absolute Gasteiger partial charge is 0.255 e. The van der Waals surface area contributed by atoms with Crippen LogP contribution in [0.2, 0.25) is 0 Å². The van der Waals surface area contributed by atoms with Gasteiger partial charge in [0.05, 0.1) is 18.8 Å². The van der Waals surface area contributed by atoms with Gasteiger partial charge in [-0.25, -0.2) is 0 Å². The fraction of sp³-hybridized carbons (Fsp3) is 0.500. The molecule has 0 bridgehead atoms. The monoisotopic (exact) mass is 385 g/mol. The summed E-state index contributed by atoms with van der Waals surface area (Å²) in [5.74, 6) is 0.970. The number of amides is 1. The predicted octanol–water partition coefficient (Wildman–Crippen LogP) is 4.46. The summed E-state index contributed by atoms with van der Waals surface area (Å²) in [6, 6.07) is 7.99. The zero-order valence-electron chi connectivity index (χ0n) is 15.9. The molecule has 1 aromatic heterocycles. The fourth-order valence-corrected chi connectivity index (χ4v) is 5.21. The quantitative estimate of drug-likeness (QED) is 0.737. The Labute approximate surface area is 165 Å². The number of benzene rings is 1. The van der Waals surface area contributed by atoms with Crippen molar-refractivity contribution in [2.45, 2.75) is 51.2 Å². The largest absolute Gasteiger partial charge is 0.497 e. The van der Waals surface area contributed by atoms with E-state index in [1.54, 1.807) is 18.4 Å². The van der Waals surface area contributed by atoms with E-state index in [-0.39, 0.29) is 12.0 Å². The summed E-state index contributed by atoms with van der Waals surface area (Å²) < 4.78 is 11.2. The zero-order valence-corrected chi connectivity index (χ0v) is 16.7. The van der Waals surface area contributed by atoms with Crippen LogP contribution in [0.4, 0.5) is 0 Å². The SMILES string of the molecule is COc1cccc(CN(CC2CCCO2)C(=O)c2csc3c2CCCC3)c1. The molecule has 2 aliphatic rings. The van der Waals surface area contributed by atoms with Crippen LogP contribution in [0.1, 0.15) is 52.0 Å². The minimum Gasteiger partial charge on any atom is -0.497 e. The number of methoxy groups -OCH3 is 1. The molecule has 1 atom stereocenters. The second-order valence-electron chi connectivity index (χ2n) is 7.43. The van der Waals surface area contributed by atoms with E-state index in [1.165, 1.54) is 23.3 Å². The molecule has 2 aromatic rings. The first-order chi connectivity index (χ1) is 13.2. The third kappa shape index (κ3) is 4.19. The molecule has 5 heteroatoms. The van der Waals surface area contributed by atoms with Gasteiger partial charge in [0.25, 0.3) is 5.91 Å². The van der Waals surface area contributed by atoms with Gasteiger partial charge in [-0.05, 0) is 61.8 Å². The van der Waals surface area contributed by atoms with E-state index >= 15 is 0 Å². The van der Waals surface area contributed by atoms with Gasteiger partial charge in [-0.15, -0.1) is 11.3 Å². The molecule has 4 nitrogen and oxygen atoms in total. The molecule has 4 rings (SSSR count). The number of carbonyl (C=O) groups excluding carboxylic acids is 1. The van der Waals surface area contributed by atoms with Gasteiger partial charge in [0.15, 0.2) is 0 Å². The van der Waals surface area contributed by atoms with Crippen molar-refractivity contribution in [3.05, 3.63) is 51.2 Å². The van der Waals surface area contributed by atoms with Crippen LogP contribution < -0.4 is 4.74 Å². The summed E-state index contributed by atoms with van der Waals surface area (Å²) in [5, 5.41) is 2.08. The molecule has 1 amide bonds. The molecule has 2 heterocycles. The van der Waals surface area contributed by atoms with E-state index in [9.17, 15) is 4.79 Å². The van der Waals surface area contributed by atoms with E-state index in [2.05, 4.69) is 11.4 Å². The minimum atomic E-state index is 0.146. The van der Waals surface area contributed by atoms with Gasteiger partial charge in [-0.3, -0.25) is 4.79 Å². The second-order valence-corrected chi connectivity index (χ2v) is 8.39. The van der Waals surface area contributed by atoms with Crippen molar-refractivity contribution in [3.8, 4) is 5.75 Å². The van der Waals surface area contributed by atoms with Crippen molar-refractivity contribution in [3.63, 3.8) is 0 Å². The maximum absolute atomic E-state index is 13.5. The first-order valence-electron chi connectivity index (χ1n) is 9.87. The van der Waals surface area contributed by atoms with Crippen LogP contribution in [0.5, 0.6) is 5.75 Å². The summed E-state index contributed by atoms with van der Waals surface area (Å²) in [4.78, 5) is 16.8. The molecular formula is C22H27NO3S. The summed E-state index contributed by atoms with van der Waals surface area (Å²) in [6.07, 6.45) is 6.84. The molecule has 1 aliphatic heterocycles. The first kappa shape index (κ1) is 18.5. The van der Waals surface area contributed by atoms with Crippen LogP contribution in [0.25, 0.3) is 0 Å². The lowest BCUT2D eigenvalue weighted by Crippen LogP contribution is -2.37. The third-order valence-corrected chi connectivity index (χ3v) is 6.62. The van der Waals surface area contributed by atoms with Crippen LogP contribution in [0.3, 0.4) is 0 Å². The van der Waals surface area contributed by atoms with Crippen molar-refractivity contribution in [1.29, 1.82) is 0 Å². The lowest BCUT2D eigenvalue weighted by atomic mass is 9.95. The maximum Gasteiger partial charge on any atom is 0.255 e. The molecule has 0 radical (unpaired) electrons. The number of carbonyl (C=O) groups is 1. The predicted molar refractivity (Wildman–Crippen MR) is 108 cm³/mol. The Bertz CT molecular complexity index is 795. The number of aryl methyl sites for hydroxylation is 1. The van der Waals surface area contributed by atoms with Crippen molar-refractivity contribution in [2.75, 3.05) is 20.3 Å². The minimum absolute atomic E-state index is 0.146. The summed E-state index contributed by atoms with van der Waals surface area (Å²) in [5.41, 5.74) is 3.29. The number of hydrogen-bond acceptors (Lipinski definition) is 4. The van der Waals surface area contributed by atoms with Gasteiger partial charge in [0.1, 0.15) is 5.75 Å². The Kier molecular flexibility index (Phi) is 5.79. The molecule has 1 fully saturated rings. The zero-order chi connectivity index (χ0) is 18.6. The Balaban J connectivity index is 1.58. The topological polar surface area (TPSA) is 38.8 Å². The standard InChI is InChI=1S/C22H27NO3S/c1-25-17-7-4-6-16(12-17)13-23(14-18-8-5-11-26-18)22(24)20-15-27-21-10-3-2-9-19(20)21/h4,6-7,12,15,18H,2-3,5,8-11,13-14H2,1H3. The van der Waals surface area contributed by atoms with Crippen LogP contribution in [0.15, 0.2) is 29.6 Å². The average molecular weight is 386 g/mol. The number of fused-ring (bicyclic) bond motifs is 1. The number of thiophene rings is 1. The van der Waals surface area contributed by atoms with Gasteiger partial charge < -0.3 is 14.4 Å². The highest BCUT2D eigenvalue weighted by Crippen LogP contribution is 2.31. The third-order valence-electron chi connectivity index (χ3n) is 5.53. The number of ether oxygens (including phenoxy) is 2. The highest BCUT2D eigenvalue weighted by atomic mass is 32.1. The normalized spacial score (nSPS) is 18.9. The van der Waals surface area contributed by atoms with E-state index in [4.69, 9.17) is 9.47 Å². The number of rotatable bonds is 6. The fourth-order valence-electron chi connectivity index (χ4n) is 4.09. The second kappa shape index (κ2) is 8.44. The van der Waals surface area contributed by atoms with E-state index in [1.807, 2.05) is 23.1 Å². The summed E-state index contributed by atoms with van der Waals surface area (Å²) in [7, 11) is 1.67. The molecule has 1 aliphatic carbocycles. The van der Waals surface area contributed by atoms with Gasteiger partial charge in [0.2, 0.25) is 0 Å². The lowest BCUT2D eigenvalue weighted by molar-refractivity contribution is 0.0506. The molecule has 1 aromatic carbocycles. The average Bonchev–Trinajstić information content (AvgIpc) is 3.37. The van der Waals surface area contributed by atoms with E-state index in [0.717, 1.165) is 49.2 Å². The van der Waals surface area contributed by atoms with Crippen molar-refractivity contribution < 1.29 is 14.3 Å². The molecule has 0 spiro atoms. The Morgan fingerprint density at radius 1 is 1.30 bits per heavy atom.